The number of anilines is 1. The van der Waals surface area contributed by atoms with Gasteiger partial charge in [-0.05, 0) is 42.3 Å². The average Bonchev–Trinajstić information content (AvgIpc) is 3.24. The summed E-state index contributed by atoms with van der Waals surface area (Å²) in [6.07, 6.45) is 7.69. The van der Waals surface area contributed by atoms with E-state index in [1.807, 2.05) is 55.7 Å². The molecule has 0 saturated carbocycles. The first-order valence-electron chi connectivity index (χ1n) is 10.5. The SMILES string of the molecule is CCCCn1ccc2c(-c3ccc(C#N)cc3)c(-c3ccc(NC)c(C=N)c3)ncc21. The highest BCUT2D eigenvalue weighted by Crippen LogP contribution is 2.38. The maximum atomic E-state index is 9.20. The largest absolute Gasteiger partial charge is 0.388 e. The molecule has 0 saturated heterocycles. The van der Waals surface area contributed by atoms with Crippen LogP contribution in [-0.2, 0) is 6.54 Å². The van der Waals surface area contributed by atoms with Gasteiger partial charge < -0.3 is 15.3 Å². The summed E-state index contributed by atoms with van der Waals surface area (Å²) in [7, 11) is 1.85. The Morgan fingerprint density at radius 2 is 1.90 bits per heavy atom. The van der Waals surface area contributed by atoms with Gasteiger partial charge in [-0.3, -0.25) is 4.98 Å². The third kappa shape index (κ3) is 3.80. The summed E-state index contributed by atoms with van der Waals surface area (Å²) in [6.45, 7) is 3.16. The van der Waals surface area contributed by atoms with Gasteiger partial charge in [0.25, 0.3) is 0 Å². The smallest absolute Gasteiger partial charge is 0.0991 e. The molecule has 0 amide bonds. The average molecular weight is 408 g/mol. The van der Waals surface area contributed by atoms with Gasteiger partial charge in [0.15, 0.2) is 0 Å². The summed E-state index contributed by atoms with van der Waals surface area (Å²) in [5.74, 6) is 0. The van der Waals surface area contributed by atoms with Crippen molar-refractivity contribution in [2.24, 2.45) is 0 Å². The van der Waals surface area contributed by atoms with Crippen LogP contribution in [0.5, 0.6) is 0 Å². The molecule has 0 aliphatic rings. The fourth-order valence-electron chi connectivity index (χ4n) is 3.96. The molecule has 2 aromatic carbocycles. The topological polar surface area (TPSA) is 77.5 Å². The van der Waals surface area contributed by atoms with Crippen molar-refractivity contribution in [3.05, 3.63) is 72.1 Å². The Morgan fingerprint density at radius 3 is 2.58 bits per heavy atom. The van der Waals surface area contributed by atoms with Crippen LogP contribution in [0.1, 0.15) is 30.9 Å². The van der Waals surface area contributed by atoms with E-state index in [0.29, 0.717) is 5.56 Å². The first-order chi connectivity index (χ1) is 15.2. The lowest BCUT2D eigenvalue weighted by Gasteiger charge is -2.14. The molecule has 0 aliphatic carbocycles. The molecule has 0 unspecified atom stereocenters. The number of rotatable bonds is 7. The lowest BCUT2D eigenvalue weighted by molar-refractivity contribution is 0.649. The first-order valence-corrected chi connectivity index (χ1v) is 10.5. The summed E-state index contributed by atoms with van der Waals surface area (Å²) in [6, 6.07) is 18.0. The van der Waals surface area contributed by atoms with E-state index in [-0.39, 0.29) is 0 Å². The van der Waals surface area contributed by atoms with E-state index in [0.717, 1.165) is 63.9 Å². The minimum atomic E-state index is 0.635. The number of nitrogens with zero attached hydrogens (tertiary/aromatic N) is 3. The van der Waals surface area contributed by atoms with Crippen molar-refractivity contribution in [1.29, 1.82) is 10.7 Å². The Hall–Kier alpha value is -3.91. The molecular formula is C26H25N5. The second-order valence-corrected chi connectivity index (χ2v) is 7.53. The molecule has 154 valence electrons. The second-order valence-electron chi connectivity index (χ2n) is 7.53. The summed E-state index contributed by atoms with van der Waals surface area (Å²) in [5, 5.41) is 21.3. The number of fused-ring (bicyclic) bond motifs is 1. The number of aromatic nitrogens is 2. The number of hydrogen-bond donors (Lipinski definition) is 2. The van der Waals surface area contributed by atoms with Crippen molar-refractivity contribution in [3.63, 3.8) is 0 Å². The third-order valence-electron chi connectivity index (χ3n) is 5.63. The minimum Gasteiger partial charge on any atom is -0.388 e. The molecule has 2 aromatic heterocycles. The lowest BCUT2D eigenvalue weighted by Crippen LogP contribution is -1.99. The molecule has 0 radical (unpaired) electrons. The number of nitriles is 1. The van der Waals surface area contributed by atoms with E-state index >= 15 is 0 Å². The lowest BCUT2D eigenvalue weighted by atomic mass is 9.94. The maximum absolute atomic E-state index is 9.20. The van der Waals surface area contributed by atoms with E-state index in [1.165, 1.54) is 6.21 Å². The molecular weight excluding hydrogens is 382 g/mol. The zero-order chi connectivity index (χ0) is 21.8. The molecule has 0 spiro atoms. The van der Waals surface area contributed by atoms with E-state index < -0.39 is 0 Å². The Labute approximate surface area is 182 Å². The fraction of sp³-hybridized carbons (Fsp3) is 0.192. The summed E-state index contributed by atoms with van der Waals surface area (Å²) in [5.41, 5.74) is 7.36. The highest BCUT2D eigenvalue weighted by Gasteiger charge is 2.16. The first kappa shape index (κ1) is 20.4. The third-order valence-corrected chi connectivity index (χ3v) is 5.63. The van der Waals surface area contributed by atoms with Crippen molar-refractivity contribution in [1.82, 2.24) is 9.55 Å². The molecule has 0 fully saturated rings. The van der Waals surface area contributed by atoms with Crippen molar-refractivity contribution in [2.75, 3.05) is 12.4 Å². The summed E-state index contributed by atoms with van der Waals surface area (Å²) in [4.78, 5) is 4.89. The van der Waals surface area contributed by atoms with E-state index in [2.05, 4.69) is 35.1 Å². The van der Waals surface area contributed by atoms with Crippen LogP contribution >= 0.6 is 0 Å². The normalized spacial score (nSPS) is 10.7. The molecule has 4 rings (SSSR count). The maximum Gasteiger partial charge on any atom is 0.0991 e. The highest BCUT2D eigenvalue weighted by atomic mass is 15.0. The van der Waals surface area contributed by atoms with Gasteiger partial charge in [0.05, 0.1) is 29.0 Å². The zero-order valence-electron chi connectivity index (χ0n) is 17.8. The number of unbranched alkanes of at least 4 members (excludes halogenated alkanes) is 1. The van der Waals surface area contributed by atoms with Gasteiger partial charge in [-0.15, -0.1) is 0 Å². The van der Waals surface area contributed by atoms with E-state index in [9.17, 15) is 5.26 Å². The van der Waals surface area contributed by atoms with E-state index in [4.69, 9.17) is 10.4 Å². The van der Waals surface area contributed by atoms with Gasteiger partial charge in [-0.1, -0.05) is 31.5 Å². The van der Waals surface area contributed by atoms with Crippen LogP contribution in [0.2, 0.25) is 0 Å². The molecule has 5 nitrogen and oxygen atoms in total. The van der Waals surface area contributed by atoms with Crippen molar-refractivity contribution >= 4 is 22.8 Å². The number of benzene rings is 2. The minimum absolute atomic E-state index is 0.635. The predicted molar refractivity (Wildman–Crippen MR) is 128 cm³/mol. The monoisotopic (exact) mass is 407 g/mol. The molecule has 2 N–H and O–H groups in total. The molecule has 0 bridgehead atoms. The summed E-state index contributed by atoms with van der Waals surface area (Å²) < 4.78 is 2.26. The Morgan fingerprint density at radius 1 is 1.13 bits per heavy atom. The molecule has 2 heterocycles. The molecule has 0 atom stereocenters. The van der Waals surface area contributed by atoms with Crippen molar-refractivity contribution < 1.29 is 0 Å². The predicted octanol–water partition coefficient (Wildman–Crippen LogP) is 6.08. The van der Waals surface area contributed by atoms with Gasteiger partial charge in [0.1, 0.15) is 0 Å². The number of hydrogen-bond acceptors (Lipinski definition) is 4. The summed E-state index contributed by atoms with van der Waals surface area (Å²) >= 11 is 0. The quantitative estimate of drug-likeness (QED) is 0.364. The molecule has 0 aliphatic heterocycles. The molecule has 4 aromatic rings. The second kappa shape index (κ2) is 8.85. The van der Waals surface area contributed by atoms with Crippen LogP contribution in [0, 0.1) is 16.7 Å². The molecule has 5 heteroatoms. The van der Waals surface area contributed by atoms with Crippen molar-refractivity contribution in [3.8, 4) is 28.5 Å². The zero-order valence-corrected chi connectivity index (χ0v) is 17.8. The number of nitrogens with one attached hydrogen (secondary N) is 2. The van der Waals surface area contributed by atoms with Gasteiger partial charge in [0, 0.05) is 53.8 Å². The number of pyridine rings is 1. The van der Waals surface area contributed by atoms with Crippen LogP contribution in [0.15, 0.2) is 60.9 Å². The van der Waals surface area contributed by atoms with Crippen LogP contribution in [-0.4, -0.2) is 22.8 Å². The molecule has 31 heavy (non-hydrogen) atoms. The van der Waals surface area contributed by atoms with E-state index in [1.54, 1.807) is 0 Å². The van der Waals surface area contributed by atoms with Gasteiger partial charge in [-0.2, -0.15) is 5.26 Å². The highest BCUT2D eigenvalue weighted by molar-refractivity contribution is 6.02. The van der Waals surface area contributed by atoms with Gasteiger partial charge in [0.2, 0.25) is 0 Å². The Balaban J connectivity index is 1.96. The Kier molecular flexibility index (Phi) is 5.81. The van der Waals surface area contributed by atoms with Crippen LogP contribution in [0.4, 0.5) is 5.69 Å². The fourth-order valence-corrected chi connectivity index (χ4v) is 3.96. The van der Waals surface area contributed by atoms with Crippen molar-refractivity contribution in [2.45, 2.75) is 26.3 Å². The van der Waals surface area contributed by atoms with Crippen LogP contribution in [0.25, 0.3) is 33.3 Å². The standard InChI is InChI=1S/C26H25N5/c1-3-4-12-31-13-11-22-24(31)17-30-26(20-9-10-23(29-2)21(14-20)16-28)25(22)19-7-5-18(15-27)6-8-19/h5-11,13-14,16-17,28-29H,3-4,12H2,1-2H3. The number of aryl methyl sites for hydroxylation is 1. The van der Waals surface area contributed by atoms with Gasteiger partial charge >= 0.3 is 0 Å². The van der Waals surface area contributed by atoms with Crippen LogP contribution < -0.4 is 5.32 Å². The Bertz CT molecular complexity index is 1280. The van der Waals surface area contributed by atoms with Gasteiger partial charge in [-0.25, -0.2) is 0 Å². The van der Waals surface area contributed by atoms with Crippen LogP contribution in [0.3, 0.4) is 0 Å².